The minimum Gasteiger partial charge on any atom is -0.478 e. The topological polar surface area (TPSA) is 110 Å². The van der Waals surface area contributed by atoms with Gasteiger partial charge in [-0.25, -0.2) is 14.8 Å². The number of amides is 1. The number of carbonyl (C=O) groups excluding carboxylic acids is 1. The maximum absolute atomic E-state index is 11.8. The number of aryl methyl sites for hydroxylation is 1. The highest BCUT2D eigenvalue weighted by molar-refractivity contribution is 5.90. The molecule has 0 bridgehead atoms. The Bertz CT molecular complexity index is 652. The Kier molecular flexibility index (Phi) is 4.75. The van der Waals surface area contributed by atoms with Crippen molar-refractivity contribution in [3.63, 3.8) is 0 Å². The number of nitrogens with zero attached hydrogens (tertiary/aromatic N) is 4. The van der Waals surface area contributed by atoms with Crippen LogP contribution in [0.3, 0.4) is 0 Å². The van der Waals surface area contributed by atoms with Crippen molar-refractivity contribution >= 4 is 23.8 Å². The number of hydrogen-bond acceptors (Lipinski definition) is 5. The van der Waals surface area contributed by atoms with Gasteiger partial charge in [-0.05, 0) is 18.2 Å². The van der Waals surface area contributed by atoms with Crippen LogP contribution < -0.4 is 5.32 Å². The predicted molar refractivity (Wildman–Crippen MR) is 74.2 cm³/mol. The maximum Gasteiger partial charge on any atom is 0.328 e. The number of pyridine rings is 1. The first-order valence-corrected chi connectivity index (χ1v) is 6.14. The van der Waals surface area contributed by atoms with Crippen molar-refractivity contribution in [2.75, 3.05) is 5.32 Å². The smallest absolute Gasteiger partial charge is 0.328 e. The van der Waals surface area contributed by atoms with Crippen molar-refractivity contribution in [3.05, 3.63) is 42.6 Å². The first-order valence-electron chi connectivity index (χ1n) is 6.14. The molecule has 0 saturated heterocycles. The summed E-state index contributed by atoms with van der Waals surface area (Å²) in [6.07, 6.45) is 5.51. The fourth-order valence-electron chi connectivity index (χ4n) is 1.54. The molecule has 1 amide bonds. The molecule has 0 atom stereocenters. The predicted octanol–water partition coefficient (Wildman–Crippen LogP) is 0.800. The van der Waals surface area contributed by atoms with Crippen LogP contribution in [-0.2, 0) is 16.1 Å². The van der Waals surface area contributed by atoms with Gasteiger partial charge in [-0.1, -0.05) is 6.07 Å². The molecule has 8 heteroatoms. The standard InChI is InChI=1S/C13H13N5O3/c19-12(6-7-18-9-14-8-15-18)17-11-3-1-2-10(16-11)4-5-13(20)21/h1-5,8-9H,6-7H2,(H,20,21)(H,16,17,19). The Hall–Kier alpha value is -3.03. The third-order valence-corrected chi connectivity index (χ3v) is 2.47. The second-order valence-corrected chi connectivity index (χ2v) is 4.08. The van der Waals surface area contributed by atoms with E-state index in [2.05, 4.69) is 20.4 Å². The molecule has 2 aromatic heterocycles. The van der Waals surface area contributed by atoms with Crippen molar-refractivity contribution in [1.29, 1.82) is 0 Å². The molecule has 2 rings (SSSR count). The molecule has 0 saturated carbocycles. The summed E-state index contributed by atoms with van der Waals surface area (Å²) in [5, 5.41) is 15.1. The van der Waals surface area contributed by atoms with Crippen molar-refractivity contribution < 1.29 is 14.7 Å². The SMILES string of the molecule is O=C(O)C=Cc1cccc(NC(=O)CCn2cncn2)n1. The van der Waals surface area contributed by atoms with E-state index in [1.807, 2.05) is 0 Å². The van der Waals surface area contributed by atoms with Crippen LogP contribution in [0.4, 0.5) is 5.82 Å². The molecule has 0 aliphatic rings. The third kappa shape index (κ3) is 4.86. The lowest BCUT2D eigenvalue weighted by atomic mass is 10.3. The van der Waals surface area contributed by atoms with E-state index in [9.17, 15) is 9.59 Å². The molecule has 2 aromatic rings. The van der Waals surface area contributed by atoms with E-state index in [0.29, 0.717) is 18.1 Å². The number of anilines is 1. The molecule has 0 aliphatic carbocycles. The average Bonchev–Trinajstić information content (AvgIpc) is 2.97. The molecular weight excluding hydrogens is 274 g/mol. The highest BCUT2D eigenvalue weighted by Crippen LogP contribution is 2.07. The second-order valence-electron chi connectivity index (χ2n) is 4.08. The van der Waals surface area contributed by atoms with Crippen molar-refractivity contribution in [3.8, 4) is 0 Å². The zero-order chi connectivity index (χ0) is 15.1. The Morgan fingerprint density at radius 3 is 2.95 bits per heavy atom. The monoisotopic (exact) mass is 287 g/mol. The lowest BCUT2D eigenvalue weighted by Gasteiger charge is -2.05. The van der Waals surface area contributed by atoms with Crippen molar-refractivity contribution in [2.45, 2.75) is 13.0 Å². The molecule has 0 aliphatic heterocycles. The number of rotatable bonds is 6. The summed E-state index contributed by atoms with van der Waals surface area (Å²) < 4.78 is 1.55. The minimum atomic E-state index is -1.06. The van der Waals surface area contributed by atoms with Crippen LogP contribution in [0.1, 0.15) is 12.1 Å². The number of aromatic nitrogens is 4. The molecule has 0 unspecified atom stereocenters. The second kappa shape index (κ2) is 6.94. The number of carbonyl (C=O) groups is 2. The fourth-order valence-corrected chi connectivity index (χ4v) is 1.54. The lowest BCUT2D eigenvalue weighted by Crippen LogP contribution is -2.15. The van der Waals surface area contributed by atoms with Crippen LogP contribution in [-0.4, -0.2) is 36.7 Å². The van der Waals surface area contributed by atoms with Gasteiger partial charge in [0.2, 0.25) is 5.91 Å². The van der Waals surface area contributed by atoms with Crippen molar-refractivity contribution in [1.82, 2.24) is 19.7 Å². The van der Waals surface area contributed by atoms with Gasteiger partial charge >= 0.3 is 5.97 Å². The van der Waals surface area contributed by atoms with E-state index in [-0.39, 0.29) is 12.3 Å². The van der Waals surface area contributed by atoms with Gasteiger partial charge in [0, 0.05) is 12.5 Å². The van der Waals surface area contributed by atoms with Crippen LogP contribution in [0.2, 0.25) is 0 Å². The number of nitrogens with one attached hydrogen (secondary N) is 1. The van der Waals surface area contributed by atoms with E-state index in [1.54, 1.807) is 22.9 Å². The molecule has 108 valence electrons. The van der Waals surface area contributed by atoms with E-state index in [0.717, 1.165) is 6.08 Å². The minimum absolute atomic E-state index is 0.211. The molecule has 2 N–H and O–H groups in total. The summed E-state index contributed by atoms with van der Waals surface area (Å²) in [5.74, 6) is -0.900. The highest BCUT2D eigenvalue weighted by Gasteiger charge is 2.04. The quantitative estimate of drug-likeness (QED) is 0.760. The van der Waals surface area contributed by atoms with E-state index in [1.165, 1.54) is 18.7 Å². The molecule has 21 heavy (non-hydrogen) atoms. The van der Waals surface area contributed by atoms with Gasteiger partial charge in [0.1, 0.15) is 18.5 Å². The van der Waals surface area contributed by atoms with Crippen LogP contribution >= 0.6 is 0 Å². The van der Waals surface area contributed by atoms with Gasteiger partial charge in [0.25, 0.3) is 0 Å². The number of aliphatic carboxylic acids is 1. The number of hydrogen-bond donors (Lipinski definition) is 2. The fraction of sp³-hybridized carbons (Fsp3) is 0.154. The number of carboxylic acid groups (broad SMARTS) is 1. The Balaban J connectivity index is 1.91. The van der Waals surface area contributed by atoms with Crippen LogP contribution in [0.5, 0.6) is 0 Å². The molecule has 0 radical (unpaired) electrons. The van der Waals surface area contributed by atoms with Gasteiger partial charge in [-0.15, -0.1) is 0 Å². The zero-order valence-electron chi connectivity index (χ0n) is 11.0. The summed E-state index contributed by atoms with van der Waals surface area (Å²) in [6.45, 7) is 0.421. The molecular formula is C13H13N5O3. The summed E-state index contributed by atoms with van der Waals surface area (Å²) in [5.41, 5.74) is 0.450. The van der Waals surface area contributed by atoms with E-state index < -0.39 is 5.97 Å². The Labute approximate surface area is 120 Å². The molecule has 2 heterocycles. The van der Waals surface area contributed by atoms with E-state index >= 15 is 0 Å². The highest BCUT2D eigenvalue weighted by atomic mass is 16.4. The maximum atomic E-state index is 11.8. The first-order chi connectivity index (χ1) is 10.1. The Morgan fingerprint density at radius 2 is 2.24 bits per heavy atom. The molecule has 8 nitrogen and oxygen atoms in total. The normalized spacial score (nSPS) is 10.7. The van der Waals surface area contributed by atoms with Crippen LogP contribution in [0.15, 0.2) is 36.9 Å². The summed E-state index contributed by atoms with van der Waals surface area (Å²) in [6, 6.07) is 4.96. The van der Waals surface area contributed by atoms with Gasteiger partial charge in [0.15, 0.2) is 0 Å². The summed E-state index contributed by atoms with van der Waals surface area (Å²) in [7, 11) is 0. The summed E-state index contributed by atoms with van der Waals surface area (Å²) in [4.78, 5) is 30.1. The molecule has 0 aromatic carbocycles. The van der Waals surface area contributed by atoms with Crippen molar-refractivity contribution in [2.24, 2.45) is 0 Å². The lowest BCUT2D eigenvalue weighted by molar-refractivity contribution is -0.131. The summed E-state index contributed by atoms with van der Waals surface area (Å²) >= 11 is 0. The first kappa shape index (κ1) is 14.4. The zero-order valence-corrected chi connectivity index (χ0v) is 11.0. The van der Waals surface area contributed by atoms with E-state index in [4.69, 9.17) is 5.11 Å². The largest absolute Gasteiger partial charge is 0.478 e. The third-order valence-electron chi connectivity index (χ3n) is 2.47. The molecule has 0 spiro atoms. The molecule has 0 fully saturated rings. The Morgan fingerprint density at radius 1 is 1.38 bits per heavy atom. The van der Waals surface area contributed by atoms with Gasteiger partial charge in [-0.3, -0.25) is 9.48 Å². The number of carboxylic acids is 1. The van der Waals surface area contributed by atoms with Gasteiger partial charge in [0.05, 0.1) is 12.2 Å². The van der Waals surface area contributed by atoms with Gasteiger partial charge < -0.3 is 10.4 Å². The average molecular weight is 287 g/mol. The van der Waals surface area contributed by atoms with Crippen LogP contribution in [0.25, 0.3) is 6.08 Å². The van der Waals surface area contributed by atoms with Gasteiger partial charge in [-0.2, -0.15) is 5.10 Å². The van der Waals surface area contributed by atoms with Crippen LogP contribution in [0, 0.1) is 0 Å².